The molecule has 1 aliphatic heterocycles. The number of carbonyl (C=O) groups is 2. The molecule has 6 nitrogen and oxygen atoms in total. The lowest BCUT2D eigenvalue weighted by molar-refractivity contribution is -0.129. The van der Waals surface area contributed by atoms with E-state index in [0.717, 1.165) is 29.7 Å². The van der Waals surface area contributed by atoms with E-state index in [2.05, 4.69) is 5.32 Å². The van der Waals surface area contributed by atoms with Gasteiger partial charge in [-0.2, -0.15) is 0 Å². The van der Waals surface area contributed by atoms with Gasteiger partial charge in [-0.1, -0.05) is 48.5 Å². The minimum absolute atomic E-state index is 0.152. The van der Waals surface area contributed by atoms with Gasteiger partial charge in [0.2, 0.25) is 0 Å². The van der Waals surface area contributed by atoms with Crippen LogP contribution in [0.2, 0.25) is 0 Å². The largest absolute Gasteiger partial charge is 0.497 e. The summed E-state index contributed by atoms with van der Waals surface area (Å²) in [5.74, 6) is 0.737. The summed E-state index contributed by atoms with van der Waals surface area (Å²) in [4.78, 5) is 28.1. The predicted molar refractivity (Wildman–Crippen MR) is 123 cm³/mol. The number of hydrogen-bond acceptors (Lipinski definition) is 4. The monoisotopic (exact) mass is 430 g/mol. The molecule has 4 rings (SSSR count). The number of methoxy groups -OCH3 is 1. The second-order valence-electron chi connectivity index (χ2n) is 7.60. The van der Waals surface area contributed by atoms with Crippen LogP contribution < -0.4 is 19.7 Å². The summed E-state index contributed by atoms with van der Waals surface area (Å²) in [5, 5.41) is 2.87. The topological polar surface area (TPSA) is 67.9 Å². The van der Waals surface area contributed by atoms with Gasteiger partial charge in [-0.05, 0) is 54.3 Å². The number of benzene rings is 3. The van der Waals surface area contributed by atoms with Crippen molar-refractivity contribution in [2.24, 2.45) is 0 Å². The van der Waals surface area contributed by atoms with Gasteiger partial charge in [0, 0.05) is 12.2 Å². The van der Waals surface area contributed by atoms with E-state index in [-0.39, 0.29) is 18.4 Å². The molecule has 6 heteroatoms. The maximum absolute atomic E-state index is 13.6. The molecule has 0 saturated heterocycles. The lowest BCUT2D eigenvalue weighted by Gasteiger charge is -2.32. The average molecular weight is 431 g/mol. The standard InChI is InChI=1S/C26H26N2O4/c1-31-21-13-15-22(16-14-21)32-18-24(29)27-25(20-9-3-2-4-10-20)26(30)28-17-7-11-19-8-5-6-12-23(19)28/h2-6,8-10,12-16,25H,7,11,17-18H2,1H3,(H,27,29)/t25-/m0/s1. The van der Waals surface area contributed by atoms with Crippen molar-refractivity contribution in [1.82, 2.24) is 5.32 Å². The predicted octanol–water partition coefficient (Wildman–Crippen LogP) is 3.91. The number of amides is 2. The molecule has 1 atom stereocenters. The highest BCUT2D eigenvalue weighted by Crippen LogP contribution is 2.29. The summed E-state index contributed by atoms with van der Waals surface area (Å²) in [6.45, 7) is 0.428. The summed E-state index contributed by atoms with van der Waals surface area (Å²) >= 11 is 0. The zero-order valence-electron chi connectivity index (χ0n) is 18.0. The van der Waals surface area contributed by atoms with Crippen molar-refractivity contribution in [3.63, 3.8) is 0 Å². The Labute approximate surface area is 187 Å². The Morgan fingerprint density at radius 1 is 0.938 bits per heavy atom. The molecule has 32 heavy (non-hydrogen) atoms. The molecule has 2 amide bonds. The van der Waals surface area contributed by atoms with Crippen LogP contribution >= 0.6 is 0 Å². The fourth-order valence-corrected chi connectivity index (χ4v) is 3.87. The van der Waals surface area contributed by atoms with Crippen LogP contribution in [0.15, 0.2) is 78.9 Å². The Morgan fingerprint density at radius 3 is 2.38 bits per heavy atom. The molecule has 0 aliphatic carbocycles. The van der Waals surface area contributed by atoms with E-state index in [1.54, 1.807) is 36.3 Å². The molecule has 0 spiro atoms. The molecule has 0 radical (unpaired) electrons. The van der Waals surface area contributed by atoms with Gasteiger partial charge in [-0.25, -0.2) is 0 Å². The van der Waals surface area contributed by atoms with Crippen LogP contribution in [0.3, 0.4) is 0 Å². The maximum atomic E-state index is 13.6. The second-order valence-corrected chi connectivity index (χ2v) is 7.60. The highest BCUT2D eigenvalue weighted by atomic mass is 16.5. The van der Waals surface area contributed by atoms with Crippen LogP contribution in [0.4, 0.5) is 5.69 Å². The second kappa shape index (κ2) is 10.0. The van der Waals surface area contributed by atoms with E-state index < -0.39 is 6.04 Å². The summed E-state index contributed by atoms with van der Waals surface area (Å²) < 4.78 is 10.7. The van der Waals surface area contributed by atoms with Gasteiger partial charge in [0.1, 0.15) is 17.5 Å². The Bertz CT molecular complexity index is 1070. The molecule has 0 fully saturated rings. The van der Waals surface area contributed by atoms with Crippen LogP contribution in [-0.4, -0.2) is 32.1 Å². The first-order valence-electron chi connectivity index (χ1n) is 10.7. The van der Waals surface area contributed by atoms with E-state index >= 15 is 0 Å². The molecule has 0 unspecified atom stereocenters. The Hall–Kier alpha value is -3.80. The fraction of sp³-hybridized carbons (Fsp3) is 0.231. The van der Waals surface area contributed by atoms with Crippen LogP contribution in [0, 0.1) is 0 Å². The number of fused-ring (bicyclic) bond motifs is 1. The third kappa shape index (κ3) is 4.91. The molecule has 1 aliphatic rings. The lowest BCUT2D eigenvalue weighted by atomic mass is 9.99. The van der Waals surface area contributed by atoms with E-state index in [0.29, 0.717) is 18.0 Å². The normalized spacial score (nSPS) is 13.6. The molecule has 1 heterocycles. The molecular formula is C26H26N2O4. The zero-order chi connectivity index (χ0) is 22.3. The van der Waals surface area contributed by atoms with Gasteiger partial charge in [-0.3, -0.25) is 9.59 Å². The molecule has 164 valence electrons. The SMILES string of the molecule is COc1ccc(OCC(=O)N[C@H](C(=O)N2CCCc3ccccc32)c2ccccc2)cc1. The molecular weight excluding hydrogens is 404 g/mol. The highest BCUT2D eigenvalue weighted by Gasteiger charge is 2.30. The number of carbonyl (C=O) groups excluding carboxylic acids is 2. The number of aryl methyl sites for hydroxylation is 1. The fourth-order valence-electron chi connectivity index (χ4n) is 3.87. The maximum Gasteiger partial charge on any atom is 0.258 e. The average Bonchev–Trinajstić information content (AvgIpc) is 2.86. The van der Waals surface area contributed by atoms with Crippen LogP contribution in [-0.2, 0) is 16.0 Å². The van der Waals surface area contributed by atoms with E-state index in [1.165, 1.54) is 0 Å². The molecule has 0 aromatic heterocycles. The first-order chi connectivity index (χ1) is 15.7. The van der Waals surface area contributed by atoms with Gasteiger partial charge in [0.05, 0.1) is 7.11 Å². The Balaban J connectivity index is 1.50. The summed E-state index contributed by atoms with van der Waals surface area (Å²) in [5.41, 5.74) is 2.79. The van der Waals surface area contributed by atoms with E-state index in [4.69, 9.17) is 9.47 Å². The molecule has 0 saturated carbocycles. The van der Waals surface area contributed by atoms with Gasteiger partial charge >= 0.3 is 0 Å². The summed E-state index contributed by atoms with van der Waals surface area (Å²) in [6.07, 6.45) is 1.83. The summed E-state index contributed by atoms with van der Waals surface area (Å²) in [7, 11) is 1.59. The molecule has 0 bridgehead atoms. The van der Waals surface area contributed by atoms with Crippen molar-refractivity contribution in [3.8, 4) is 11.5 Å². The summed E-state index contributed by atoms with van der Waals surface area (Å²) in [6, 6.07) is 23.4. The van der Waals surface area contributed by atoms with Crippen LogP contribution in [0.5, 0.6) is 11.5 Å². The van der Waals surface area contributed by atoms with Crippen molar-refractivity contribution < 1.29 is 19.1 Å². The molecule has 1 N–H and O–H groups in total. The van der Waals surface area contributed by atoms with Gasteiger partial charge in [0.15, 0.2) is 6.61 Å². The minimum Gasteiger partial charge on any atom is -0.497 e. The number of rotatable bonds is 7. The third-order valence-electron chi connectivity index (χ3n) is 5.49. The molecule has 3 aromatic carbocycles. The zero-order valence-corrected chi connectivity index (χ0v) is 18.0. The van der Waals surface area contributed by atoms with Gasteiger partial charge in [0.25, 0.3) is 11.8 Å². The quantitative estimate of drug-likeness (QED) is 0.617. The number of anilines is 1. The lowest BCUT2D eigenvalue weighted by Crippen LogP contribution is -2.46. The number of nitrogens with one attached hydrogen (secondary N) is 1. The van der Waals surface area contributed by atoms with E-state index in [9.17, 15) is 9.59 Å². The van der Waals surface area contributed by atoms with Gasteiger partial charge < -0.3 is 19.7 Å². The minimum atomic E-state index is -0.797. The van der Waals surface area contributed by atoms with Crippen molar-refractivity contribution in [3.05, 3.63) is 90.0 Å². The first kappa shape index (κ1) is 21.4. The van der Waals surface area contributed by atoms with Crippen LogP contribution in [0.1, 0.15) is 23.6 Å². The number of para-hydroxylation sites is 1. The van der Waals surface area contributed by atoms with E-state index in [1.807, 2.05) is 54.6 Å². The third-order valence-corrected chi connectivity index (χ3v) is 5.49. The van der Waals surface area contributed by atoms with Crippen molar-refractivity contribution >= 4 is 17.5 Å². The first-order valence-corrected chi connectivity index (χ1v) is 10.7. The smallest absolute Gasteiger partial charge is 0.258 e. The van der Waals surface area contributed by atoms with Gasteiger partial charge in [-0.15, -0.1) is 0 Å². The van der Waals surface area contributed by atoms with Crippen molar-refractivity contribution in [1.29, 1.82) is 0 Å². The Morgan fingerprint density at radius 2 is 1.62 bits per heavy atom. The van der Waals surface area contributed by atoms with Crippen LogP contribution in [0.25, 0.3) is 0 Å². The number of hydrogen-bond donors (Lipinski definition) is 1. The van der Waals surface area contributed by atoms with Crippen molar-refractivity contribution in [2.45, 2.75) is 18.9 Å². The number of nitrogens with zero attached hydrogens (tertiary/aromatic N) is 1. The highest BCUT2D eigenvalue weighted by molar-refractivity contribution is 6.00. The van der Waals surface area contributed by atoms with Crippen molar-refractivity contribution in [2.75, 3.05) is 25.2 Å². The Kier molecular flexibility index (Phi) is 6.70. The number of ether oxygens (including phenoxy) is 2. The molecule has 3 aromatic rings.